The topological polar surface area (TPSA) is 89.9 Å². The van der Waals surface area contributed by atoms with Crippen LogP contribution in [0.5, 0.6) is 0 Å². The van der Waals surface area contributed by atoms with Crippen molar-refractivity contribution in [3.8, 4) is 0 Å². The third-order valence-corrected chi connectivity index (χ3v) is 4.87. The molecule has 0 aliphatic carbocycles. The van der Waals surface area contributed by atoms with Crippen molar-refractivity contribution in [3.05, 3.63) is 69.8 Å². The van der Waals surface area contributed by atoms with E-state index < -0.39 is 16.1 Å². The molecule has 0 aromatic heterocycles. The first-order valence-corrected chi connectivity index (χ1v) is 9.15. The van der Waals surface area contributed by atoms with Crippen molar-refractivity contribution in [2.45, 2.75) is 18.8 Å². The van der Waals surface area contributed by atoms with Crippen LogP contribution >= 0.6 is 0 Å². The summed E-state index contributed by atoms with van der Waals surface area (Å²) in [5.74, 6) is -0.976. The maximum atomic E-state index is 11.2. The summed E-state index contributed by atoms with van der Waals surface area (Å²) in [7, 11) is -3.51. The van der Waals surface area contributed by atoms with E-state index in [-0.39, 0.29) is 24.4 Å². The Bertz CT molecular complexity index is 963. The van der Waals surface area contributed by atoms with Crippen LogP contribution in [0.15, 0.2) is 36.4 Å². The summed E-state index contributed by atoms with van der Waals surface area (Å²) in [6, 6.07) is 10.6. The summed E-state index contributed by atoms with van der Waals surface area (Å²) in [4.78, 5) is 11.2. The number of aromatic carboxylic acids is 1. The number of benzene rings is 2. The third-order valence-electron chi connectivity index (χ3n) is 4.33. The zero-order valence-electron chi connectivity index (χ0n) is 12.7. The molecule has 2 heterocycles. The molecule has 0 radical (unpaired) electrons. The summed E-state index contributed by atoms with van der Waals surface area (Å²) >= 11 is 0. The van der Waals surface area contributed by atoms with Crippen LogP contribution in [0, 0.1) is 0 Å². The highest BCUT2D eigenvalue weighted by Gasteiger charge is 2.42. The Morgan fingerprint density at radius 1 is 1.08 bits per heavy atom. The maximum absolute atomic E-state index is 11.2. The number of hydrogen-bond acceptors (Lipinski definition) is 5. The van der Waals surface area contributed by atoms with E-state index in [0.717, 1.165) is 34.1 Å². The SMILES string of the molecule is CS(=O)(=O)OCc1ccc2c(c1)[C@@H]1O[C@H]2c2ccc(C(=O)O)cc21. The number of carboxylic acids is 1. The van der Waals surface area contributed by atoms with Crippen LogP contribution < -0.4 is 0 Å². The molecule has 1 N–H and O–H groups in total. The van der Waals surface area contributed by atoms with Gasteiger partial charge in [-0.25, -0.2) is 4.79 Å². The van der Waals surface area contributed by atoms with Gasteiger partial charge in [-0.1, -0.05) is 24.3 Å². The monoisotopic (exact) mass is 346 g/mol. The third kappa shape index (κ3) is 2.41. The van der Waals surface area contributed by atoms with Gasteiger partial charge in [0.2, 0.25) is 0 Å². The van der Waals surface area contributed by atoms with Gasteiger partial charge in [0.1, 0.15) is 12.2 Å². The predicted molar refractivity (Wildman–Crippen MR) is 84.2 cm³/mol. The molecule has 24 heavy (non-hydrogen) atoms. The quantitative estimate of drug-likeness (QED) is 0.855. The Hall–Kier alpha value is -2.22. The fraction of sp³-hybridized carbons (Fsp3) is 0.235. The second-order valence-corrected chi connectivity index (χ2v) is 7.62. The number of rotatable bonds is 4. The Labute approximate surface area is 138 Å². The Morgan fingerprint density at radius 2 is 1.71 bits per heavy atom. The number of carboxylic acid groups (broad SMARTS) is 1. The molecule has 6 nitrogen and oxygen atoms in total. The number of hydrogen-bond donors (Lipinski definition) is 1. The zero-order valence-corrected chi connectivity index (χ0v) is 13.5. The van der Waals surface area contributed by atoms with Gasteiger partial charge in [0.15, 0.2) is 0 Å². The van der Waals surface area contributed by atoms with E-state index in [9.17, 15) is 13.2 Å². The summed E-state index contributed by atoms with van der Waals surface area (Å²) in [5, 5.41) is 9.16. The molecule has 124 valence electrons. The molecule has 2 aromatic carbocycles. The van der Waals surface area contributed by atoms with Crippen LogP contribution in [0.1, 0.15) is 50.4 Å². The lowest BCUT2D eigenvalue weighted by Gasteiger charge is -2.17. The molecule has 0 fully saturated rings. The molecule has 2 atom stereocenters. The molecule has 4 rings (SSSR count). The second kappa shape index (κ2) is 5.14. The largest absolute Gasteiger partial charge is 0.478 e. The van der Waals surface area contributed by atoms with Crippen molar-refractivity contribution < 1.29 is 27.2 Å². The highest BCUT2D eigenvalue weighted by Crippen LogP contribution is 2.54. The normalized spacial score (nSPS) is 20.7. The van der Waals surface area contributed by atoms with Crippen molar-refractivity contribution in [1.82, 2.24) is 0 Å². The van der Waals surface area contributed by atoms with Crippen LogP contribution in [0.4, 0.5) is 0 Å². The van der Waals surface area contributed by atoms with E-state index in [1.54, 1.807) is 18.2 Å². The van der Waals surface area contributed by atoms with Crippen LogP contribution in [0.2, 0.25) is 0 Å². The number of ether oxygens (including phenoxy) is 1. The van der Waals surface area contributed by atoms with Crippen molar-refractivity contribution in [1.29, 1.82) is 0 Å². The van der Waals surface area contributed by atoms with E-state index in [0.29, 0.717) is 0 Å². The molecule has 7 heteroatoms. The molecular formula is C17H14O6S. The van der Waals surface area contributed by atoms with Crippen LogP contribution in [0.25, 0.3) is 0 Å². The van der Waals surface area contributed by atoms with E-state index >= 15 is 0 Å². The Kier molecular flexibility index (Phi) is 3.28. The minimum absolute atomic E-state index is 0.0362. The van der Waals surface area contributed by atoms with E-state index in [1.165, 1.54) is 0 Å². The molecule has 0 saturated heterocycles. The first-order chi connectivity index (χ1) is 11.3. The minimum Gasteiger partial charge on any atom is -0.478 e. The fourth-order valence-corrected chi connectivity index (χ4v) is 3.64. The van der Waals surface area contributed by atoms with E-state index in [1.807, 2.05) is 18.2 Å². The van der Waals surface area contributed by atoms with Gasteiger partial charge in [-0.05, 0) is 39.9 Å². The highest BCUT2D eigenvalue weighted by atomic mass is 32.2. The lowest BCUT2D eigenvalue weighted by molar-refractivity contribution is 0.0696. The van der Waals surface area contributed by atoms with Crippen molar-refractivity contribution >= 4 is 16.1 Å². The molecule has 2 aliphatic heterocycles. The molecule has 2 bridgehead atoms. The van der Waals surface area contributed by atoms with E-state index in [2.05, 4.69) is 0 Å². The van der Waals surface area contributed by atoms with Gasteiger partial charge in [0.25, 0.3) is 10.1 Å². The first kappa shape index (κ1) is 15.3. The van der Waals surface area contributed by atoms with Crippen LogP contribution in [0.3, 0.4) is 0 Å². The highest BCUT2D eigenvalue weighted by molar-refractivity contribution is 7.85. The lowest BCUT2D eigenvalue weighted by Crippen LogP contribution is -2.07. The van der Waals surface area contributed by atoms with Crippen molar-refractivity contribution in [3.63, 3.8) is 0 Å². The second-order valence-electron chi connectivity index (χ2n) is 5.97. The zero-order chi connectivity index (χ0) is 17.1. The van der Waals surface area contributed by atoms with Gasteiger partial charge in [-0.15, -0.1) is 0 Å². The smallest absolute Gasteiger partial charge is 0.335 e. The average molecular weight is 346 g/mol. The van der Waals surface area contributed by atoms with Crippen LogP contribution in [-0.4, -0.2) is 25.7 Å². The van der Waals surface area contributed by atoms with Gasteiger partial charge in [-0.2, -0.15) is 8.42 Å². The summed E-state index contributed by atoms with van der Waals surface area (Å²) in [6.45, 7) is -0.0362. The van der Waals surface area contributed by atoms with Crippen molar-refractivity contribution in [2.24, 2.45) is 0 Å². The van der Waals surface area contributed by atoms with Gasteiger partial charge in [0.05, 0.1) is 18.4 Å². The van der Waals surface area contributed by atoms with E-state index in [4.69, 9.17) is 14.0 Å². The molecule has 0 spiro atoms. The summed E-state index contributed by atoms with van der Waals surface area (Å²) in [5.41, 5.74) is 4.75. The molecule has 2 aromatic rings. The molecule has 0 amide bonds. The Balaban J connectivity index is 1.70. The average Bonchev–Trinajstić information content (AvgIpc) is 3.08. The molecule has 0 saturated carbocycles. The summed E-state index contributed by atoms with van der Waals surface area (Å²) in [6.07, 6.45) is 0.486. The predicted octanol–water partition coefficient (Wildman–Crippen LogP) is 2.38. The van der Waals surface area contributed by atoms with Gasteiger partial charge in [-0.3, -0.25) is 4.18 Å². The fourth-order valence-electron chi connectivity index (χ4n) is 3.29. The lowest BCUT2D eigenvalue weighted by atomic mass is 9.84. The maximum Gasteiger partial charge on any atom is 0.335 e. The molecular weight excluding hydrogens is 332 g/mol. The molecule has 0 unspecified atom stereocenters. The number of carbonyl (C=O) groups is 1. The van der Waals surface area contributed by atoms with Crippen LogP contribution in [-0.2, 0) is 25.6 Å². The van der Waals surface area contributed by atoms with Gasteiger partial charge in [0, 0.05) is 0 Å². The number of fused-ring (bicyclic) bond motifs is 8. The first-order valence-electron chi connectivity index (χ1n) is 7.33. The minimum atomic E-state index is -3.51. The van der Waals surface area contributed by atoms with Gasteiger partial charge >= 0.3 is 5.97 Å². The summed E-state index contributed by atoms with van der Waals surface area (Å²) < 4.78 is 33.1. The van der Waals surface area contributed by atoms with Gasteiger partial charge < -0.3 is 9.84 Å². The molecule has 2 aliphatic rings. The Morgan fingerprint density at radius 3 is 2.38 bits per heavy atom. The van der Waals surface area contributed by atoms with Crippen molar-refractivity contribution in [2.75, 3.05) is 6.26 Å². The standard InChI is InChI=1S/C17H14O6S/c1-24(20,21)22-8-9-2-4-11-13(6-9)16-14-7-10(17(18)19)3-5-12(14)15(11)23-16/h2-7,15-16H,8H2,1H3,(H,18,19)/t15-,16+/m1/s1.